The molecule has 4 atom stereocenters. The first-order valence-corrected chi connectivity index (χ1v) is 14.2. The Morgan fingerprint density at radius 1 is 0.550 bits per heavy atom. The average molecular weight is 591 g/mol. The first-order valence-electron chi connectivity index (χ1n) is 14.2. The highest BCUT2D eigenvalue weighted by atomic mass is 16.7. The van der Waals surface area contributed by atoms with Gasteiger partial charge in [-0.15, -0.1) is 0 Å². The van der Waals surface area contributed by atoms with Crippen molar-refractivity contribution in [2.45, 2.75) is 51.1 Å². The van der Waals surface area contributed by atoms with Crippen molar-refractivity contribution in [3.05, 3.63) is 0 Å². The molecule has 14 heteroatoms. The Hall–Kier alpha value is -0.560. The summed E-state index contributed by atoms with van der Waals surface area (Å²) in [6.45, 7) is 6.51. The van der Waals surface area contributed by atoms with Crippen LogP contribution in [-0.2, 0) is 33.2 Å². The van der Waals surface area contributed by atoms with Crippen LogP contribution in [0.15, 0.2) is 0 Å². The van der Waals surface area contributed by atoms with Crippen LogP contribution in [0.2, 0.25) is 0 Å². The molecule has 0 saturated carbocycles. The number of quaternary nitrogens is 1. The minimum absolute atomic E-state index is 0.00918. The molecule has 0 aliphatic heterocycles. The zero-order chi connectivity index (χ0) is 29.9. The number of hydrogen-bond acceptors (Lipinski definition) is 13. The van der Waals surface area contributed by atoms with Gasteiger partial charge in [0.2, 0.25) is 0 Å². The van der Waals surface area contributed by atoms with Crippen LogP contribution in [0, 0.1) is 0 Å². The van der Waals surface area contributed by atoms with E-state index in [-0.39, 0.29) is 97.1 Å². The van der Waals surface area contributed by atoms with Gasteiger partial charge in [-0.25, -0.2) is 0 Å². The second kappa shape index (κ2) is 27.3. The third-order valence-corrected chi connectivity index (χ3v) is 6.01. The van der Waals surface area contributed by atoms with Crippen LogP contribution in [0.4, 0.5) is 0 Å². The molecule has 6 N–H and O–H groups in total. The molecule has 0 fully saturated rings. The van der Waals surface area contributed by atoms with Crippen LogP contribution in [0.25, 0.3) is 0 Å². The molecule has 40 heavy (non-hydrogen) atoms. The van der Waals surface area contributed by atoms with Crippen LogP contribution in [-0.4, -0.2) is 179 Å². The molecular formula is C26H56NO13+. The van der Waals surface area contributed by atoms with Gasteiger partial charge in [-0.2, -0.15) is 0 Å². The maximum Gasteiger partial charge on any atom is 0.146 e. The molecule has 0 rings (SSSR count). The Bertz CT molecular complexity index is 518. The third-order valence-electron chi connectivity index (χ3n) is 6.01. The number of ether oxygens (including phenoxy) is 7. The van der Waals surface area contributed by atoms with Crippen molar-refractivity contribution in [1.29, 1.82) is 0 Å². The fraction of sp³-hybridized carbons (Fsp3) is 1.00. The van der Waals surface area contributed by atoms with Crippen LogP contribution < -0.4 is 0 Å². The molecule has 0 aromatic carbocycles. The quantitative estimate of drug-likeness (QED) is 0.0299. The van der Waals surface area contributed by atoms with Gasteiger partial charge in [-0.3, -0.25) is 0 Å². The minimum atomic E-state index is -0.919. The lowest BCUT2D eigenvalue weighted by molar-refractivity contribution is -0.931. The molecular weight excluding hydrogens is 534 g/mol. The molecule has 0 aromatic rings. The Kier molecular flexibility index (Phi) is 26.9. The fourth-order valence-corrected chi connectivity index (χ4v) is 3.82. The summed E-state index contributed by atoms with van der Waals surface area (Å²) in [7, 11) is 0. The van der Waals surface area contributed by atoms with Crippen molar-refractivity contribution < 1.29 is 68.3 Å². The van der Waals surface area contributed by atoms with Gasteiger partial charge in [0, 0.05) is 13.2 Å². The van der Waals surface area contributed by atoms with E-state index in [0.717, 1.165) is 0 Å². The van der Waals surface area contributed by atoms with Crippen molar-refractivity contribution in [2.24, 2.45) is 0 Å². The van der Waals surface area contributed by atoms with Gasteiger partial charge in [0.05, 0.1) is 78.3 Å². The highest BCUT2D eigenvalue weighted by Gasteiger charge is 2.29. The van der Waals surface area contributed by atoms with E-state index < -0.39 is 24.4 Å². The van der Waals surface area contributed by atoms with Gasteiger partial charge in [-0.05, 0) is 26.7 Å². The number of nitrogens with zero attached hydrogens (tertiary/aromatic N) is 1. The molecule has 0 amide bonds. The monoisotopic (exact) mass is 590 g/mol. The first-order chi connectivity index (χ1) is 19.4. The van der Waals surface area contributed by atoms with Crippen LogP contribution in [0.1, 0.15) is 26.7 Å². The van der Waals surface area contributed by atoms with Crippen LogP contribution >= 0.6 is 0 Å². The van der Waals surface area contributed by atoms with E-state index in [9.17, 15) is 30.6 Å². The predicted molar refractivity (Wildman–Crippen MR) is 145 cm³/mol. The highest BCUT2D eigenvalue weighted by molar-refractivity contribution is 4.63. The minimum Gasteiger partial charge on any atom is -0.391 e. The molecule has 0 spiro atoms. The molecule has 0 aliphatic rings. The van der Waals surface area contributed by atoms with E-state index >= 15 is 0 Å². The summed E-state index contributed by atoms with van der Waals surface area (Å²) in [5.74, 6) is 0. The lowest BCUT2D eigenvalue weighted by atomic mass is 10.2. The van der Waals surface area contributed by atoms with Crippen molar-refractivity contribution in [2.75, 3.05) is 119 Å². The largest absolute Gasteiger partial charge is 0.391 e. The number of aliphatic hydroxyl groups excluding tert-OH is 6. The summed E-state index contributed by atoms with van der Waals surface area (Å²) in [5.41, 5.74) is 0. The molecule has 242 valence electrons. The van der Waals surface area contributed by atoms with Gasteiger partial charge in [0.15, 0.2) is 0 Å². The smallest absolute Gasteiger partial charge is 0.146 e. The van der Waals surface area contributed by atoms with Gasteiger partial charge in [0.1, 0.15) is 52.0 Å². The highest BCUT2D eigenvalue weighted by Crippen LogP contribution is 2.09. The van der Waals surface area contributed by atoms with Crippen molar-refractivity contribution in [3.8, 4) is 0 Å². The van der Waals surface area contributed by atoms with E-state index in [4.69, 9.17) is 33.2 Å². The second-order valence-electron chi connectivity index (χ2n) is 9.47. The molecule has 0 bridgehead atoms. The molecule has 4 unspecified atom stereocenters. The van der Waals surface area contributed by atoms with E-state index in [1.54, 1.807) is 0 Å². The van der Waals surface area contributed by atoms with Crippen LogP contribution in [0.5, 0.6) is 0 Å². The summed E-state index contributed by atoms with van der Waals surface area (Å²) in [4.78, 5) is 0. The number of hydrogen-bond donors (Lipinski definition) is 6. The summed E-state index contributed by atoms with van der Waals surface area (Å²) >= 11 is 0. The summed E-state index contributed by atoms with van der Waals surface area (Å²) in [6.07, 6.45) is -2.31. The zero-order valence-corrected chi connectivity index (χ0v) is 24.4. The van der Waals surface area contributed by atoms with E-state index in [1.807, 2.05) is 13.8 Å². The maximum atomic E-state index is 10.6. The van der Waals surface area contributed by atoms with Gasteiger partial charge in [0.25, 0.3) is 0 Å². The molecule has 0 radical (unpaired) electrons. The Morgan fingerprint density at radius 3 is 1.45 bits per heavy atom. The molecule has 0 aliphatic carbocycles. The van der Waals surface area contributed by atoms with Crippen molar-refractivity contribution in [1.82, 2.24) is 0 Å². The second-order valence-corrected chi connectivity index (χ2v) is 9.47. The van der Waals surface area contributed by atoms with Crippen molar-refractivity contribution in [3.63, 3.8) is 0 Å². The van der Waals surface area contributed by atoms with E-state index in [1.165, 1.54) is 0 Å². The lowest BCUT2D eigenvalue weighted by Crippen LogP contribution is -2.57. The van der Waals surface area contributed by atoms with Crippen LogP contribution in [0.3, 0.4) is 0 Å². The van der Waals surface area contributed by atoms with Gasteiger partial charge in [-0.1, -0.05) is 0 Å². The Balaban J connectivity index is 4.72. The lowest BCUT2D eigenvalue weighted by Gasteiger charge is -2.38. The predicted octanol–water partition coefficient (Wildman–Crippen LogP) is -1.92. The van der Waals surface area contributed by atoms with E-state index in [0.29, 0.717) is 39.3 Å². The normalized spacial score (nSPS) is 15.3. The number of aliphatic hydroxyl groups is 6. The van der Waals surface area contributed by atoms with Gasteiger partial charge >= 0.3 is 0 Å². The van der Waals surface area contributed by atoms with E-state index in [2.05, 4.69) is 0 Å². The SMILES string of the molecule is CCOCOCCC(O)COCC(COCC(O)C[N+](CCO)(CCO)CCO)OCC(O)CCOCOCC. The summed E-state index contributed by atoms with van der Waals surface area (Å²) in [5, 5.41) is 59.2. The van der Waals surface area contributed by atoms with Gasteiger partial charge < -0.3 is 68.3 Å². The molecule has 0 heterocycles. The topological polar surface area (TPSA) is 186 Å². The number of rotatable bonds is 31. The standard InChI is InChI=1S/C26H56NO13/c1-3-34-21-36-13-5-23(31)16-38-19-26(40-18-24(32)6-14-37-22-35-4-2)20-39-17-25(33)15-27(7-10-28,8-11-29)9-12-30/h23-26,28-33H,3-22H2,1-2H3/q+1. The molecule has 0 aromatic heterocycles. The summed E-state index contributed by atoms with van der Waals surface area (Å²) in [6, 6.07) is 0. The Morgan fingerprint density at radius 2 is 1.00 bits per heavy atom. The maximum absolute atomic E-state index is 10.6. The molecule has 0 saturated heterocycles. The Labute approximate surface area is 238 Å². The molecule has 14 nitrogen and oxygen atoms in total. The average Bonchev–Trinajstić information content (AvgIpc) is 2.91. The third kappa shape index (κ3) is 22.1. The fourth-order valence-electron chi connectivity index (χ4n) is 3.82. The summed E-state index contributed by atoms with van der Waals surface area (Å²) < 4.78 is 37.9. The zero-order valence-electron chi connectivity index (χ0n) is 24.4. The first kappa shape index (κ1) is 39.4. The van der Waals surface area contributed by atoms with Crippen molar-refractivity contribution >= 4 is 0 Å².